The fourth-order valence-electron chi connectivity index (χ4n) is 3.43. The van der Waals surface area contributed by atoms with E-state index in [1.807, 2.05) is 14.1 Å². The highest BCUT2D eigenvalue weighted by Gasteiger charge is 2.27. The molecule has 2 rings (SSSR count). The molecule has 5 heteroatoms. The molecule has 120 valence electrons. The normalized spacial score (nSPS) is 22.0. The molecule has 0 spiro atoms. The molecule has 0 unspecified atom stereocenters. The Hall–Kier alpha value is -1.10. The van der Waals surface area contributed by atoms with Crippen molar-refractivity contribution in [3.63, 3.8) is 0 Å². The lowest BCUT2D eigenvalue weighted by Crippen LogP contribution is -2.46. The Labute approximate surface area is 128 Å². The third-order valence-electron chi connectivity index (χ3n) is 4.72. The van der Waals surface area contributed by atoms with Gasteiger partial charge in [-0.3, -0.25) is 14.5 Å². The number of likely N-dealkylation sites (tertiary alicyclic amines) is 1. The molecule has 2 aliphatic rings. The Kier molecular flexibility index (Phi) is 6.03. The highest BCUT2D eigenvalue weighted by atomic mass is 16.2. The third-order valence-corrected chi connectivity index (χ3v) is 4.72. The molecule has 2 fully saturated rings. The average molecular weight is 295 g/mol. The van der Waals surface area contributed by atoms with Crippen molar-refractivity contribution in [2.45, 2.75) is 51.0 Å². The van der Waals surface area contributed by atoms with Crippen LogP contribution in [0.2, 0.25) is 0 Å². The SMILES string of the molecule is CN(C)C(=O)C1CCN(CC(=O)NC2CCCCC2)CC1. The van der Waals surface area contributed by atoms with Crippen LogP contribution in [0.15, 0.2) is 0 Å². The first-order valence-corrected chi connectivity index (χ1v) is 8.29. The Morgan fingerprint density at radius 2 is 1.67 bits per heavy atom. The van der Waals surface area contributed by atoms with Gasteiger partial charge in [0.05, 0.1) is 6.54 Å². The Morgan fingerprint density at radius 1 is 1.05 bits per heavy atom. The molecule has 1 heterocycles. The monoisotopic (exact) mass is 295 g/mol. The zero-order valence-electron chi connectivity index (χ0n) is 13.4. The quantitative estimate of drug-likeness (QED) is 0.849. The zero-order chi connectivity index (χ0) is 15.2. The first-order valence-electron chi connectivity index (χ1n) is 8.29. The van der Waals surface area contributed by atoms with Crippen LogP contribution in [0.4, 0.5) is 0 Å². The second-order valence-electron chi connectivity index (χ2n) is 6.69. The van der Waals surface area contributed by atoms with E-state index in [0.717, 1.165) is 38.8 Å². The Balaban J connectivity index is 1.68. The molecule has 2 amide bonds. The predicted molar refractivity (Wildman–Crippen MR) is 82.9 cm³/mol. The number of piperidine rings is 1. The van der Waals surface area contributed by atoms with E-state index in [-0.39, 0.29) is 17.7 Å². The molecule has 0 aromatic rings. The molecule has 0 aromatic heterocycles. The summed E-state index contributed by atoms with van der Waals surface area (Å²) in [6.07, 6.45) is 7.78. The standard InChI is InChI=1S/C16H29N3O2/c1-18(2)16(21)13-8-10-19(11-9-13)12-15(20)17-14-6-4-3-5-7-14/h13-14H,3-12H2,1-2H3,(H,17,20). The first kappa shape index (κ1) is 16.3. The fraction of sp³-hybridized carbons (Fsp3) is 0.875. The molecular formula is C16H29N3O2. The molecule has 0 aromatic carbocycles. The van der Waals surface area contributed by atoms with Crippen LogP contribution in [-0.4, -0.2) is 61.4 Å². The molecular weight excluding hydrogens is 266 g/mol. The van der Waals surface area contributed by atoms with E-state index >= 15 is 0 Å². The van der Waals surface area contributed by atoms with Gasteiger partial charge in [0, 0.05) is 26.1 Å². The van der Waals surface area contributed by atoms with E-state index in [1.54, 1.807) is 4.90 Å². The molecule has 1 saturated carbocycles. The van der Waals surface area contributed by atoms with Gasteiger partial charge in [0.15, 0.2) is 0 Å². The largest absolute Gasteiger partial charge is 0.352 e. The van der Waals surface area contributed by atoms with Crippen molar-refractivity contribution in [2.24, 2.45) is 5.92 Å². The van der Waals surface area contributed by atoms with Crippen LogP contribution in [-0.2, 0) is 9.59 Å². The topological polar surface area (TPSA) is 52.7 Å². The highest BCUT2D eigenvalue weighted by Crippen LogP contribution is 2.19. The van der Waals surface area contributed by atoms with Crippen LogP contribution < -0.4 is 5.32 Å². The van der Waals surface area contributed by atoms with Gasteiger partial charge in [0.25, 0.3) is 0 Å². The number of carbonyl (C=O) groups is 2. The molecule has 0 atom stereocenters. The van der Waals surface area contributed by atoms with Crippen molar-refractivity contribution >= 4 is 11.8 Å². The molecule has 21 heavy (non-hydrogen) atoms. The van der Waals surface area contributed by atoms with Crippen LogP contribution in [0.5, 0.6) is 0 Å². The van der Waals surface area contributed by atoms with Gasteiger partial charge >= 0.3 is 0 Å². The van der Waals surface area contributed by atoms with E-state index in [4.69, 9.17) is 0 Å². The van der Waals surface area contributed by atoms with Crippen LogP contribution >= 0.6 is 0 Å². The predicted octanol–water partition coefficient (Wildman–Crippen LogP) is 1.24. The maximum atomic E-state index is 12.1. The Morgan fingerprint density at radius 3 is 2.24 bits per heavy atom. The number of rotatable bonds is 4. The maximum absolute atomic E-state index is 12.1. The van der Waals surface area contributed by atoms with E-state index in [2.05, 4.69) is 10.2 Å². The van der Waals surface area contributed by atoms with Gasteiger partial charge in [-0.15, -0.1) is 0 Å². The van der Waals surface area contributed by atoms with Gasteiger partial charge in [-0.25, -0.2) is 0 Å². The van der Waals surface area contributed by atoms with E-state index in [9.17, 15) is 9.59 Å². The minimum atomic E-state index is 0.137. The lowest BCUT2D eigenvalue weighted by molar-refractivity contribution is -0.134. The molecule has 5 nitrogen and oxygen atoms in total. The van der Waals surface area contributed by atoms with Gasteiger partial charge in [0.2, 0.25) is 11.8 Å². The molecule has 1 saturated heterocycles. The van der Waals surface area contributed by atoms with E-state index in [0.29, 0.717) is 12.6 Å². The third kappa shape index (κ3) is 4.99. The number of amides is 2. The lowest BCUT2D eigenvalue weighted by Gasteiger charge is -2.32. The smallest absolute Gasteiger partial charge is 0.234 e. The molecule has 0 radical (unpaired) electrons. The van der Waals surface area contributed by atoms with Crippen molar-refractivity contribution in [2.75, 3.05) is 33.7 Å². The van der Waals surface area contributed by atoms with Gasteiger partial charge in [-0.1, -0.05) is 19.3 Å². The average Bonchev–Trinajstić information content (AvgIpc) is 2.48. The summed E-state index contributed by atoms with van der Waals surface area (Å²) >= 11 is 0. The van der Waals surface area contributed by atoms with Crippen molar-refractivity contribution in [1.29, 1.82) is 0 Å². The van der Waals surface area contributed by atoms with Crippen LogP contribution in [0.3, 0.4) is 0 Å². The summed E-state index contributed by atoms with van der Waals surface area (Å²) in [5.74, 6) is 0.512. The number of hydrogen-bond donors (Lipinski definition) is 1. The number of nitrogens with zero attached hydrogens (tertiary/aromatic N) is 2. The summed E-state index contributed by atoms with van der Waals surface area (Å²) in [7, 11) is 3.62. The van der Waals surface area contributed by atoms with Crippen molar-refractivity contribution in [3.8, 4) is 0 Å². The second-order valence-corrected chi connectivity index (χ2v) is 6.69. The number of carbonyl (C=O) groups excluding carboxylic acids is 2. The fourth-order valence-corrected chi connectivity index (χ4v) is 3.43. The van der Waals surface area contributed by atoms with Gasteiger partial charge in [-0.05, 0) is 38.8 Å². The number of hydrogen-bond acceptors (Lipinski definition) is 3. The van der Waals surface area contributed by atoms with Crippen LogP contribution in [0.1, 0.15) is 44.9 Å². The molecule has 1 aliphatic heterocycles. The van der Waals surface area contributed by atoms with Gasteiger partial charge in [-0.2, -0.15) is 0 Å². The lowest BCUT2D eigenvalue weighted by atomic mass is 9.95. The van der Waals surface area contributed by atoms with Crippen molar-refractivity contribution in [3.05, 3.63) is 0 Å². The summed E-state index contributed by atoms with van der Waals surface area (Å²) in [6, 6.07) is 0.388. The molecule has 1 N–H and O–H groups in total. The molecule has 0 bridgehead atoms. The first-order chi connectivity index (χ1) is 10.1. The maximum Gasteiger partial charge on any atom is 0.234 e. The Bertz CT molecular complexity index is 357. The summed E-state index contributed by atoms with van der Waals surface area (Å²) in [4.78, 5) is 27.8. The highest BCUT2D eigenvalue weighted by molar-refractivity contribution is 5.79. The minimum absolute atomic E-state index is 0.137. The van der Waals surface area contributed by atoms with E-state index < -0.39 is 0 Å². The van der Waals surface area contributed by atoms with Crippen LogP contribution in [0, 0.1) is 5.92 Å². The summed E-state index contributed by atoms with van der Waals surface area (Å²) < 4.78 is 0. The van der Waals surface area contributed by atoms with Crippen molar-refractivity contribution in [1.82, 2.24) is 15.1 Å². The van der Waals surface area contributed by atoms with Gasteiger partial charge in [0.1, 0.15) is 0 Å². The van der Waals surface area contributed by atoms with E-state index in [1.165, 1.54) is 19.3 Å². The van der Waals surface area contributed by atoms with Crippen LogP contribution in [0.25, 0.3) is 0 Å². The van der Waals surface area contributed by atoms with Gasteiger partial charge < -0.3 is 10.2 Å². The summed E-state index contributed by atoms with van der Waals surface area (Å²) in [6.45, 7) is 2.18. The minimum Gasteiger partial charge on any atom is -0.352 e. The summed E-state index contributed by atoms with van der Waals surface area (Å²) in [5.41, 5.74) is 0. The zero-order valence-corrected chi connectivity index (χ0v) is 13.4. The molecule has 1 aliphatic carbocycles. The second kappa shape index (κ2) is 7.78. The van der Waals surface area contributed by atoms with Crippen molar-refractivity contribution < 1.29 is 9.59 Å². The summed E-state index contributed by atoms with van der Waals surface area (Å²) in [5, 5.41) is 3.16. The number of nitrogens with one attached hydrogen (secondary N) is 1.